The predicted molar refractivity (Wildman–Crippen MR) is 496 cm³/mol. The summed E-state index contributed by atoms with van der Waals surface area (Å²) in [6.45, 7) is 0. The van der Waals surface area contributed by atoms with E-state index in [4.69, 9.17) is 14.4 Å². The van der Waals surface area contributed by atoms with Gasteiger partial charge in [0.05, 0.1) is 79.6 Å². The van der Waals surface area contributed by atoms with Crippen LogP contribution in [0.2, 0.25) is 0 Å². The summed E-state index contributed by atoms with van der Waals surface area (Å²) < 4.78 is 18.8. The molecule has 3 aliphatic heterocycles. The highest BCUT2D eigenvalue weighted by molar-refractivity contribution is 6.26. The van der Waals surface area contributed by atoms with Crippen LogP contribution in [0.1, 0.15) is 28.5 Å². The van der Waals surface area contributed by atoms with Crippen molar-refractivity contribution in [1.29, 1.82) is 0 Å². The van der Waals surface area contributed by atoms with Crippen molar-refractivity contribution in [3.05, 3.63) is 429 Å². The van der Waals surface area contributed by atoms with E-state index in [0.29, 0.717) is 0 Å². The second-order valence-electron chi connectivity index (χ2n) is 33.0. The largest absolute Gasteiger partial charge is 0.448 e. The Morgan fingerprint density at radius 2 is 0.818 bits per heavy atom. The van der Waals surface area contributed by atoms with E-state index in [-0.39, 0.29) is 35.9 Å². The maximum atomic E-state index is 6.43. The zero-order valence-electron chi connectivity index (χ0n) is 65.4. The summed E-state index contributed by atoms with van der Waals surface area (Å²) in [4.78, 5) is 18.5. The van der Waals surface area contributed by atoms with Crippen molar-refractivity contribution in [2.75, 3.05) is 14.7 Å². The third-order valence-corrected chi connectivity index (χ3v) is 27.0. The standard InChI is InChI=1S/C110H72N10O/c1-5-25-71(26-6-1)113-95-58-56-79-75-33-13-17-37-88(75)114(72-27-7-2-8-28-72)106(79)105(95)86-51-47-68(65-97(86)113)67-48-57-92-87(63-67)83-55-54-80-76-34-14-18-38-89(76)115(73-29-9-3-10-30-73)107(80)110(83)120(92)101-43-23-42-100(112-101)119-90-39-19-15-35-77(90)81-52-53-82-78-49-45-69(64-96(78)116(108(82)109(81)119)74-31-11-4-12-32-74)70-46-50-85-98(66-70)118(102-44-24-62-121-102)94-60-59-93-103(104(85)94)84-36-16-20-40-91(84)117(93)99-41-21-22-61-111-99/h1-66,84,86,91,94,97,104H. The number of furan rings is 1. The van der Waals surface area contributed by atoms with Gasteiger partial charge in [-0.2, -0.15) is 0 Å². The molecule has 11 nitrogen and oxygen atoms in total. The number of benzene rings is 13. The minimum Gasteiger partial charge on any atom is -0.448 e. The van der Waals surface area contributed by atoms with Crippen LogP contribution in [0.25, 0.3) is 154 Å². The number of para-hydroxylation sites is 7. The van der Waals surface area contributed by atoms with Gasteiger partial charge in [0.25, 0.3) is 0 Å². The zero-order valence-corrected chi connectivity index (χ0v) is 65.4. The summed E-state index contributed by atoms with van der Waals surface area (Å²) in [5, 5.41) is 11.8. The molecule has 0 N–H and O–H groups in total. The van der Waals surface area contributed by atoms with Gasteiger partial charge in [-0.3, -0.25) is 9.13 Å². The summed E-state index contributed by atoms with van der Waals surface area (Å²) in [6, 6.07) is 123. The van der Waals surface area contributed by atoms with E-state index in [0.717, 1.165) is 139 Å². The van der Waals surface area contributed by atoms with E-state index in [1.807, 2.05) is 18.3 Å². The number of nitrogens with zero attached hydrogens (tertiary/aromatic N) is 10. The van der Waals surface area contributed by atoms with Gasteiger partial charge in [-0.25, -0.2) is 9.97 Å². The lowest BCUT2D eigenvalue weighted by molar-refractivity contribution is 0.540. The van der Waals surface area contributed by atoms with E-state index in [1.54, 1.807) is 6.26 Å². The molecule has 0 saturated carbocycles. The summed E-state index contributed by atoms with van der Waals surface area (Å²) in [5.74, 6) is 3.71. The maximum Gasteiger partial charge on any atom is 0.200 e. The number of anilines is 5. The van der Waals surface area contributed by atoms with Crippen molar-refractivity contribution in [3.8, 4) is 39.8 Å². The quantitative estimate of drug-likeness (QED) is 0.136. The molecule has 11 heterocycles. The predicted octanol–water partition coefficient (Wildman–Crippen LogP) is 26.5. The molecule has 0 spiro atoms. The Labute approximate surface area is 695 Å². The second kappa shape index (κ2) is 25.4. The molecule has 13 aromatic carbocycles. The fraction of sp³-hybridized carbons (Fsp3) is 0.0545. The molecule has 6 aliphatic rings. The number of hydrogen-bond donors (Lipinski definition) is 0. The van der Waals surface area contributed by atoms with E-state index in [1.165, 1.54) is 71.9 Å². The molecule has 6 atom stereocenters. The fourth-order valence-corrected chi connectivity index (χ4v) is 22.2. The molecule has 0 fully saturated rings. The molecule has 6 unspecified atom stereocenters. The Kier molecular flexibility index (Phi) is 13.9. The van der Waals surface area contributed by atoms with Gasteiger partial charge in [0.2, 0.25) is 0 Å². The van der Waals surface area contributed by atoms with Gasteiger partial charge in [-0.15, -0.1) is 0 Å². The fourth-order valence-electron chi connectivity index (χ4n) is 22.2. The van der Waals surface area contributed by atoms with Crippen molar-refractivity contribution >= 4 is 143 Å². The number of allylic oxidation sites excluding steroid dienone is 5. The van der Waals surface area contributed by atoms with Crippen molar-refractivity contribution < 1.29 is 4.42 Å². The molecule has 0 bridgehead atoms. The van der Waals surface area contributed by atoms with Gasteiger partial charge < -0.3 is 32.8 Å². The van der Waals surface area contributed by atoms with Gasteiger partial charge in [-0.05, 0) is 167 Å². The van der Waals surface area contributed by atoms with Crippen LogP contribution in [0, 0.1) is 5.92 Å². The molecule has 27 rings (SSSR count). The van der Waals surface area contributed by atoms with Crippen LogP contribution in [-0.2, 0) is 0 Å². The molecular weight excluding hydrogens is 1480 g/mol. The Balaban J connectivity index is 0.641. The molecule has 21 aromatic rings. The minimum absolute atomic E-state index is 0.00306. The van der Waals surface area contributed by atoms with Crippen molar-refractivity contribution in [3.63, 3.8) is 0 Å². The third-order valence-electron chi connectivity index (χ3n) is 27.0. The minimum atomic E-state index is -0.0184. The molecule has 0 amide bonds. The Hall–Kier alpha value is -15.7. The van der Waals surface area contributed by atoms with Gasteiger partial charge in [0.1, 0.15) is 17.5 Å². The van der Waals surface area contributed by atoms with Crippen LogP contribution in [0.3, 0.4) is 0 Å². The first-order valence-corrected chi connectivity index (χ1v) is 42.0. The normalized spacial score (nSPS) is 18.2. The molecule has 11 heteroatoms. The molecular formula is C110H72N10O. The first-order chi connectivity index (χ1) is 60.1. The summed E-state index contributed by atoms with van der Waals surface area (Å²) in [7, 11) is 0. The Morgan fingerprint density at radius 3 is 1.46 bits per heavy atom. The van der Waals surface area contributed by atoms with E-state index >= 15 is 0 Å². The number of hydrogen-bond acceptors (Lipinski definition) is 6. The van der Waals surface area contributed by atoms with E-state index < -0.39 is 0 Å². The summed E-state index contributed by atoms with van der Waals surface area (Å²) in [5.41, 5.74) is 27.9. The van der Waals surface area contributed by atoms with Gasteiger partial charge >= 0.3 is 0 Å². The number of pyridine rings is 2. The summed E-state index contributed by atoms with van der Waals surface area (Å²) >= 11 is 0. The van der Waals surface area contributed by atoms with Crippen LogP contribution in [0.5, 0.6) is 0 Å². The van der Waals surface area contributed by atoms with Gasteiger partial charge in [0.15, 0.2) is 5.88 Å². The molecule has 3 aliphatic carbocycles. The lowest BCUT2D eigenvalue weighted by atomic mass is 9.76. The van der Waals surface area contributed by atoms with E-state index in [2.05, 4.69) is 414 Å². The van der Waals surface area contributed by atoms with Crippen LogP contribution in [0.4, 0.5) is 28.8 Å². The van der Waals surface area contributed by atoms with Crippen molar-refractivity contribution in [1.82, 2.24) is 32.8 Å². The molecule has 0 radical (unpaired) electrons. The van der Waals surface area contributed by atoms with E-state index in [9.17, 15) is 0 Å². The lowest BCUT2D eigenvalue weighted by Crippen LogP contribution is -2.33. The average molecular weight is 1550 g/mol. The van der Waals surface area contributed by atoms with Crippen LogP contribution < -0.4 is 14.7 Å². The van der Waals surface area contributed by atoms with Crippen molar-refractivity contribution in [2.24, 2.45) is 5.92 Å². The summed E-state index contributed by atoms with van der Waals surface area (Å²) in [6.07, 6.45) is 25.0. The van der Waals surface area contributed by atoms with Crippen LogP contribution in [-0.4, -0.2) is 50.9 Å². The highest BCUT2D eigenvalue weighted by Gasteiger charge is 2.51. The monoisotopic (exact) mass is 1550 g/mol. The molecule has 0 saturated heterocycles. The zero-order chi connectivity index (χ0) is 78.8. The second-order valence-corrected chi connectivity index (χ2v) is 33.0. The van der Waals surface area contributed by atoms with Crippen LogP contribution >= 0.6 is 0 Å². The lowest BCUT2D eigenvalue weighted by Gasteiger charge is -2.31. The number of rotatable bonds is 10. The first kappa shape index (κ1) is 66.4. The third kappa shape index (κ3) is 9.37. The first-order valence-electron chi connectivity index (χ1n) is 42.0. The van der Waals surface area contributed by atoms with Gasteiger partial charge in [-0.1, -0.05) is 249 Å². The Morgan fingerprint density at radius 1 is 0.298 bits per heavy atom. The molecule has 121 heavy (non-hydrogen) atoms. The highest BCUT2D eigenvalue weighted by Crippen LogP contribution is 2.60. The SMILES string of the molecule is C1=CC2C3=C(C=CC4C3c3ccc(-c5ccc6c7ccc8c9ccccc9n(-c9cccc(-n%10c%11ccc(C%12=CC%13C(C=C%12)c%12c(ccc%14c%15ccccc%15n(-c%15ccccc%15)c%12%14)N%13c%12ccccc%12)cc%11c%11ccc%12c%13ccccc%13n(-c%13ccccc%13)c%12c%11%10)n9)c8c7n(-c7ccccc7)c6c5)cc3N4c3ccco3)N(c3ccccn3)C2C=C1. The molecule has 568 valence electrons. The van der Waals surface area contributed by atoms with Gasteiger partial charge in [0, 0.05) is 129 Å². The highest BCUT2D eigenvalue weighted by atomic mass is 16.3. The molecule has 8 aromatic heterocycles. The topological polar surface area (TPSA) is 73.3 Å². The average Bonchev–Trinajstić information content (AvgIpc) is 1.55. The smallest absolute Gasteiger partial charge is 0.200 e. The Bertz CT molecular complexity index is 8200. The van der Waals surface area contributed by atoms with Crippen molar-refractivity contribution in [2.45, 2.75) is 30.0 Å². The maximum absolute atomic E-state index is 6.43. The number of fused-ring (bicyclic) bond motifs is 27. The number of aromatic nitrogens is 7. The van der Waals surface area contributed by atoms with Crippen LogP contribution in [0.15, 0.2) is 416 Å².